The van der Waals surface area contributed by atoms with Gasteiger partial charge in [-0.15, -0.1) is 0 Å². The summed E-state index contributed by atoms with van der Waals surface area (Å²) in [7, 11) is 1.51. The van der Waals surface area contributed by atoms with E-state index >= 15 is 0 Å². The van der Waals surface area contributed by atoms with Crippen molar-refractivity contribution in [1.29, 1.82) is 0 Å². The number of nitrogens with zero attached hydrogens (tertiary/aromatic N) is 2. The predicted molar refractivity (Wildman–Crippen MR) is 127 cm³/mol. The third kappa shape index (κ3) is 5.77. The second kappa shape index (κ2) is 10.6. The number of hydrogen-bond donors (Lipinski definition) is 2. The Labute approximate surface area is 199 Å². The summed E-state index contributed by atoms with van der Waals surface area (Å²) in [6.45, 7) is 0. The number of thiazole rings is 1. The first kappa shape index (κ1) is 22.9. The molecule has 0 spiro atoms. The molecule has 1 saturated carbocycles. The maximum atomic E-state index is 13.0. The second-order valence-corrected chi connectivity index (χ2v) is 9.77. The van der Waals surface area contributed by atoms with Gasteiger partial charge in [0.2, 0.25) is 0 Å². The maximum absolute atomic E-state index is 13.0. The number of aromatic nitrogens is 2. The molecular weight excluding hydrogens is 460 g/mol. The SMILES string of the molecule is COc1ccc(NC(=O)C(=O)Nc2ncc(Sc3ccccn3)s2)c(C(=O)C2CCCC2)c1. The summed E-state index contributed by atoms with van der Waals surface area (Å²) >= 11 is 2.65. The van der Waals surface area contributed by atoms with Crippen LogP contribution in [0.3, 0.4) is 0 Å². The van der Waals surface area contributed by atoms with Gasteiger partial charge in [0.25, 0.3) is 0 Å². The van der Waals surface area contributed by atoms with Crippen LogP contribution in [0.1, 0.15) is 36.0 Å². The van der Waals surface area contributed by atoms with Crippen LogP contribution in [0.2, 0.25) is 0 Å². The van der Waals surface area contributed by atoms with Gasteiger partial charge < -0.3 is 10.1 Å². The Morgan fingerprint density at radius 1 is 1.06 bits per heavy atom. The lowest BCUT2D eigenvalue weighted by atomic mass is 9.95. The Bertz CT molecular complexity index is 1160. The Kier molecular flexibility index (Phi) is 7.36. The minimum Gasteiger partial charge on any atom is -0.497 e. The molecule has 2 amide bonds. The molecule has 1 aliphatic carbocycles. The van der Waals surface area contributed by atoms with E-state index in [0.717, 1.165) is 34.9 Å². The van der Waals surface area contributed by atoms with Gasteiger partial charge >= 0.3 is 11.8 Å². The number of ether oxygens (including phenoxy) is 1. The molecule has 33 heavy (non-hydrogen) atoms. The van der Waals surface area contributed by atoms with Gasteiger partial charge in [-0.1, -0.05) is 42.0 Å². The smallest absolute Gasteiger partial charge is 0.315 e. The van der Waals surface area contributed by atoms with Crippen molar-refractivity contribution in [3.05, 3.63) is 54.4 Å². The van der Waals surface area contributed by atoms with Crippen LogP contribution in [0.15, 0.2) is 58.0 Å². The monoisotopic (exact) mass is 482 g/mol. The van der Waals surface area contributed by atoms with Crippen molar-refractivity contribution in [1.82, 2.24) is 9.97 Å². The van der Waals surface area contributed by atoms with Gasteiger partial charge in [-0.25, -0.2) is 9.97 Å². The molecular formula is C23H22N4O4S2. The highest BCUT2D eigenvalue weighted by Gasteiger charge is 2.27. The van der Waals surface area contributed by atoms with E-state index in [0.29, 0.717) is 22.1 Å². The summed E-state index contributed by atoms with van der Waals surface area (Å²) in [4.78, 5) is 46.4. The van der Waals surface area contributed by atoms with Crippen LogP contribution in [0.5, 0.6) is 5.75 Å². The molecule has 1 aromatic carbocycles. The fourth-order valence-corrected chi connectivity index (χ4v) is 5.36. The van der Waals surface area contributed by atoms with E-state index in [1.807, 2.05) is 18.2 Å². The van der Waals surface area contributed by atoms with Crippen LogP contribution in [0.4, 0.5) is 10.8 Å². The molecule has 1 fully saturated rings. The summed E-state index contributed by atoms with van der Waals surface area (Å²) in [5.74, 6) is -1.35. The number of amides is 2. The predicted octanol–water partition coefficient (Wildman–Crippen LogP) is 4.65. The quantitative estimate of drug-likeness (QED) is 0.373. The van der Waals surface area contributed by atoms with Crippen molar-refractivity contribution in [3.8, 4) is 5.75 Å². The lowest BCUT2D eigenvalue weighted by Crippen LogP contribution is -2.30. The average molecular weight is 483 g/mol. The van der Waals surface area contributed by atoms with Crippen molar-refractivity contribution in [2.24, 2.45) is 5.92 Å². The summed E-state index contributed by atoms with van der Waals surface area (Å²) in [5.41, 5.74) is 0.643. The average Bonchev–Trinajstić information content (AvgIpc) is 3.52. The molecule has 0 saturated heterocycles. The second-order valence-electron chi connectivity index (χ2n) is 7.42. The van der Waals surface area contributed by atoms with Crippen LogP contribution < -0.4 is 15.4 Å². The third-order valence-corrected chi connectivity index (χ3v) is 7.19. The Balaban J connectivity index is 1.42. The Hall–Kier alpha value is -3.24. The largest absolute Gasteiger partial charge is 0.497 e. The highest BCUT2D eigenvalue weighted by molar-refractivity contribution is 8.01. The van der Waals surface area contributed by atoms with Gasteiger partial charge in [-0.2, -0.15) is 0 Å². The van der Waals surface area contributed by atoms with Crippen molar-refractivity contribution in [2.75, 3.05) is 17.7 Å². The standard InChI is InChI=1S/C23H22N4O4S2/c1-31-15-9-10-17(16(12-15)20(28)14-6-2-3-7-14)26-21(29)22(30)27-23-25-13-19(33-23)32-18-8-4-5-11-24-18/h4-5,8-14H,2-3,6-7H2,1H3,(H,26,29)(H,25,27,30). The minimum atomic E-state index is -0.880. The van der Waals surface area contributed by atoms with Gasteiger partial charge in [-0.05, 0) is 43.2 Å². The van der Waals surface area contributed by atoms with Crippen molar-refractivity contribution >= 4 is 51.5 Å². The summed E-state index contributed by atoms with van der Waals surface area (Å²) < 4.78 is 6.06. The maximum Gasteiger partial charge on any atom is 0.315 e. The normalized spacial score (nSPS) is 13.5. The number of Topliss-reactive ketones (excluding diaryl/α,β-unsaturated/α-hetero) is 1. The van der Waals surface area contributed by atoms with Crippen LogP contribution in [-0.2, 0) is 9.59 Å². The molecule has 2 aromatic heterocycles. The zero-order chi connectivity index (χ0) is 23.2. The van der Waals surface area contributed by atoms with E-state index < -0.39 is 11.8 Å². The first-order valence-corrected chi connectivity index (χ1v) is 12.1. The molecule has 0 bridgehead atoms. The zero-order valence-corrected chi connectivity index (χ0v) is 19.5. The summed E-state index contributed by atoms with van der Waals surface area (Å²) in [6, 6.07) is 10.4. The number of nitrogens with one attached hydrogen (secondary N) is 2. The number of benzene rings is 1. The molecule has 0 atom stereocenters. The molecule has 0 unspecified atom stereocenters. The van der Waals surface area contributed by atoms with E-state index in [1.165, 1.54) is 30.2 Å². The molecule has 4 rings (SSSR count). The third-order valence-electron chi connectivity index (χ3n) is 5.22. The number of hydrogen-bond acceptors (Lipinski definition) is 8. The topological polar surface area (TPSA) is 110 Å². The highest BCUT2D eigenvalue weighted by Crippen LogP contribution is 2.33. The van der Waals surface area contributed by atoms with E-state index in [2.05, 4.69) is 20.6 Å². The molecule has 1 aliphatic rings. The summed E-state index contributed by atoms with van der Waals surface area (Å²) in [6.07, 6.45) is 6.98. The Morgan fingerprint density at radius 2 is 1.85 bits per heavy atom. The molecule has 0 radical (unpaired) electrons. The number of carbonyl (C=O) groups excluding carboxylic acids is 3. The number of ketones is 1. The number of carbonyl (C=O) groups is 3. The zero-order valence-electron chi connectivity index (χ0n) is 17.9. The van der Waals surface area contributed by atoms with Gasteiger partial charge in [0, 0.05) is 17.7 Å². The summed E-state index contributed by atoms with van der Waals surface area (Å²) in [5, 5.41) is 6.17. The van der Waals surface area contributed by atoms with E-state index in [-0.39, 0.29) is 11.7 Å². The van der Waals surface area contributed by atoms with Crippen LogP contribution in [-0.4, -0.2) is 34.7 Å². The molecule has 170 valence electrons. The molecule has 10 heteroatoms. The number of rotatable bonds is 7. The first-order valence-electron chi connectivity index (χ1n) is 10.4. The van der Waals surface area contributed by atoms with Crippen LogP contribution in [0, 0.1) is 5.92 Å². The van der Waals surface area contributed by atoms with Gasteiger partial charge in [0.05, 0.1) is 23.2 Å². The fraction of sp³-hybridized carbons (Fsp3) is 0.261. The van der Waals surface area contributed by atoms with Crippen molar-refractivity contribution < 1.29 is 19.1 Å². The van der Waals surface area contributed by atoms with Gasteiger partial charge in [0.1, 0.15) is 10.8 Å². The fourth-order valence-electron chi connectivity index (χ4n) is 3.58. The molecule has 2 heterocycles. The number of methoxy groups -OCH3 is 1. The molecule has 3 aromatic rings. The molecule has 2 N–H and O–H groups in total. The minimum absolute atomic E-state index is 0.0433. The molecule has 0 aliphatic heterocycles. The van der Waals surface area contributed by atoms with Gasteiger partial charge in [0.15, 0.2) is 10.9 Å². The molecule has 8 nitrogen and oxygen atoms in total. The van der Waals surface area contributed by atoms with E-state index in [4.69, 9.17) is 4.74 Å². The van der Waals surface area contributed by atoms with Crippen molar-refractivity contribution in [2.45, 2.75) is 34.9 Å². The van der Waals surface area contributed by atoms with Crippen molar-refractivity contribution in [3.63, 3.8) is 0 Å². The number of anilines is 2. The van der Waals surface area contributed by atoms with Gasteiger partial charge in [-0.3, -0.25) is 19.7 Å². The highest BCUT2D eigenvalue weighted by atomic mass is 32.2. The van der Waals surface area contributed by atoms with E-state index in [1.54, 1.807) is 30.6 Å². The lowest BCUT2D eigenvalue weighted by Gasteiger charge is -2.14. The first-order chi connectivity index (χ1) is 16.0. The van der Waals surface area contributed by atoms with Crippen LogP contribution in [0.25, 0.3) is 0 Å². The number of pyridine rings is 1. The Morgan fingerprint density at radius 3 is 2.58 bits per heavy atom. The lowest BCUT2D eigenvalue weighted by molar-refractivity contribution is -0.133. The van der Waals surface area contributed by atoms with Crippen LogP contribution >= 0.6 is 23.1 Å². The van der Waals surface area contributed by atoms with E-state index in [9.17, 15) is 14.4 Å².